The molecule has 1 aromatic rings. The first-order valence-corrected chi connectivity index (χ1v) is 9.00. The maximum Gasteiger partial charge on any atom is 0.303 e. The van der Waals surface area contributed by atoms with E-state index in [2.05, 4.69) is 19.2 Å². The maximum atomic E-state index is 11.7. The van der Waals surface area contributed by atoms with Crippen LogP contribution in [0.3, 0.4) is 0 Å². The van der Waals surface area contributed by atoms with Crippen LogP contribution in [-0.2, 0) is 9.59 Å². The number of thioether (sulfide) groups is 1. The van der Waals surface area contributed by atoms with Gasteiger partial charge >= 0.3 is 5.97 Å². The Balaban J connectivity index is 2.20. The fraction of sp³-hybridized carbons (Fsp3) is 0.600. The lowest BCUT2D eigenvalue weighted by atomic mass is 9.88. The number of aliphatic carboxylic acids is 1. The van der Waals surface area contributed by atoms with Crippen molar-refractivity contribution in [2.24, 2.45) is 11.8 Å². The van der Waals surface area contributed by atoms with Crippen LogP contribution < -0.4 is 5.32 Å². The molecule has 0 saturated heterocycles. The fourth-order valence-electron chi connectivity index (χ4n) is 2.05. The molecule has 0 radical (unpaired) electrons. The number of carboxylic acid groups (broad SMARTS) is 1. The first-order valence-electron chi connectivity index (χ1n) is 7.14. The lowest BCUT2D eigenvalue weighted by molar-refractivity contribution is -0.137. The highest BCUT2D eigenvalue weighted by Gasteiger charge is 2.15. The molecule has 0 spiro atoms. The van der Waals surface area contributed by atoms with E-state index in [1.54, 1.807) is 23.1 Å². The van der Waals surface area contributed by atoms with Gasteiger partial charge < -0.3 is 10.4 Å². The molecule has 0 saturated carbocycles. The van der Waals surface area contributed by atoms with Crippen molar-refractivity contribution in [3.63, 3.8) is 0 Å². The van der Waals surface area contributed by atoms with Crippen LogP contribution in [0.2, 0.25) is 0 Å². The summed E-state index contributed by atoms with van der Waals surface area (Å²) < 4.78 is 1.15. The summed E-state index contributed by atoms with van der Waals surface area (Å²) in [7, 11) is 0. The predicted octanol–water partition coefficient (Wildman–Crippen LogP) is 3.48. The predicted molar refractivity (Wildman–Crippen MR) is 87.9 cm³/mol. The molecule has 2 N–H and O–H groups in total. The quantitative estimate of drug-likeness (QED) is 0.645. The van der Waals surface area contributed by atoms with Crippen LogP contribution in [0.1, 0.15) is 33.1 Å². The maximum absolute atomic E-state index is 11.7. The van der Waals surface area contributed by atoms with E-state index in [-0.39, 0.29) is 12.3 Å². The van der Waals surface area contributed by atoms with Gasteiger partial charge in [-0.2, -0.15) is 0 Å². The van der Waals surface area contributed by atoms with E-state index >= 15 is 0 Å². The molecule has 1 atom stereocenters. The van der Waals surface area contributed by atoms with Crippen LogP contribution >= 0.6 is 23.1 Å². The summed E-state index contributed by atoms with van der Waals surface area (Å²) in [5, 5.41) is 13.7. The third kappa shape index (κ3) is 8.12. The van der Waals surface area contributed by atoms with Crippen LogP contribution in [0.4, 0.5) is 0 Å². The minimum Gasteiger partial charge on any atom is -0.481 e. The standard InChI is InChI=1S/C15H23NO3S2/c1-11(2)12(5-6-14(18)19)7-8-16-13(17)10-21-15-4-3-9-20-15/h3-4,9,11-12H,5-8,10H2,1-2H3,(H,16,17)(H,18,19). The van der Waals surface area contributed by atoms with Crippen LogP contribution in [0.25, 0.3) is 0 Å². The Morgan fingerprint density at radius 3 is 2.71 bits per heavy atom. The van der Waals surface area contributed by atoms with Gasteiger partial charge in [-0.3, -0.25) is 9.59 Å². The van der Waals surface area contributed by atoms with Gasteiger partial charge in [0, 0.05) is 13.0 Å². The Bertz CT molecular complexity index is 432. The van der Waals surface area contributed by atoms with E-state index in [4.69, 9.17) is 5.11 Å². The van der Waals surface area contributed by atoms with Gasteiger partial charge in [0.2, 0.25) is 5.91 Å². The zero-order valence-corrected chi connectivity index (χ0v) is 14.1. The summed E-state index contributed by atoms with van der Waals surface area (Å²) in [6.45, 7) is 4.81. The average molecular weight is 329 g/mol. The van der Waals surface area contributed by atoms with E-state index < -0.39 is 5.97 Å². The van der Waals surface area contributed by atoms with Crippen molar-refractivity contribution in [1.82, 2.24) is 5.32 Å². The molecule has 1 rings (SSSR count). The monoisotopic (exact) mass is 329 g/mol. The number of thiophene rings is 1. The highest BCUT2D eigenvalue weighted by molar-refractivity contribution is 8.01. The molecular formula is C15H23NO3S2. The Labute approximate surface area is 134 Å². The molecule has 1 unspecified atom stereocenters. The summed E-state index contributed by atoms with van der Waals surface area (Å²) in [6.07, 6.45) is 1.71. The molecule has 1 heterocycles. The number of carboxylic acids is 1. The van der Waals surface area contributed by atoms with E-state index in [1.165, 1.54) is 0 Å². The topological polar surface area (TPSA) is 66.4 Å². The highest BCUT2D eigenvalue weighted by atomic mass is 32.2. The van der Waals surface area contributed by atoms with Crippen LogP contribution in [0, 0.1) is 11.8 Å². The fourth-order valence-corrected chi connectivity index (χ4v) is 3.66. The molecule has 6 heteroatoms. The number of carbonyl (C=O) groups is 2. The highest BCUT2D eigenvalue weighted by Crippen LogP contribution is 2.23. The summed E-state index contributed by atoms with van der Waals surface area (Å²) in [4.78, 5) is 22.4. The van der Waals surface area contributed by atoms with Gasteiger partial charge in [0.05, 0.1) is 9.96 Å². The number of hydrogen-bond donors (Lipinski definition) is 2. The minimum absolute atomic E-state index is 0.0362. The largest absolute Gasteiger partial charge is 0.481 e. The summed E-state index contributed by atoms with van der Waals surface area (Å²) in [6, 6.07) is 3.98. The lowest BCUT2D eigenvalue weighted by Gasteiger charge is -2.20. The van der Waals surface area contributed by atoms with Gasteiger partial charge in [-0.25, -0.2) is 0 Å². The second-order valence-corrected chi connectivity index (χ2v) is 7.52. The third-order valence-corrected chi connectivity index (χ3v) is 5.48. The second kappa shape index (κ2) is 9.84. The Hall–Kier alpha value is -1.01. The van der Waals surface area contributed by atoms with Gasteiger partial charge in [-0.05, 0) is 36.1 Å². The first-order chi connectivity index (χ1) is 9.99. The minimum atomic E-state index is -0.753. The molecule has 1 aromatic heterocycles. The normalized spacial score (nSPS) is 12.3. The van der Waals surface area contributed by atoms with E-state index in [9.17, 15) is 9.59 Å². The molecule has 0 bridgehead atoms. The summed E-state index contributed by atoms with van der Waals surface area (Å²) in [5.74, 6) is 0.487. The zero-order chi connectivity index (χ0) is 15.7. The molecule has 0 aliphatic rings. The summed E-state index contributed by atoms with van der Waals surface area (Å²) >= 11 is 3.18. The van der Waals surface area contributed by atoms with Crippen molar-refractivity contribution >= 4 is 35.0 Å². The Morgan fingerprint density at radius 2 is 2.14 bits per heavy atom. The van der Waals surface area contributed by atoms with Crippen molar-refractivity contribution in [3.8, 4) is 0 Å². The number of carbonyl (C=O) groups excluding carboxylic acids is 1. The second-order valence-electron chi connectivity index (χ2n) is 5.30. The summed E-state index contributed by atoms with van der Waals surface area (Å²) in [5.41, 5.74) is 0. The van der Waals surface area contributed by atoms with Crippen molar-refractivity contribution in [2.75, 3.05) is 12.3 Å². The lowest BCUT2D eigenvalue weighted by Crippen LogP contribution is -2.28. The van der Waals surface area contributed by atoms with Gasteiger partial charge in [0.1, 0.15) is 0 Å². The van der Waals surface area contributed by atoms with Crippen molar-refractivity contribution in [1.29, 1.82) is 0 Å². The SMILES string of the molecule is CC(C)C(CCNC(=O)CSc1cccs1)CCC(=O)O. The van der Waals surface area contributed by atoms with Crippen molar-refractivity contribution in [2.45, 2.75) is 37.3 Å². The van der Waals surface area contributed by atoms with Gasteiger partial charge in [-0.15, -0.1) is 23.1 Å². The first kappa shape index (κ1) is 18.0. The number of amides is 1. The molecule has 4 nitrogen and oxygen atoms in total. The number of rotatable bonds is 10. The molecule has 0 aliphatic carbocycles. The van der Waals surface area contributed by atoms with E-state index in [1.807, 2.05) is 17.5 Å². The number of hydrogen-bond acceptors (Lipinski definition) is 4. The van der Waals surface area contributed by atoms with Crippen LogP contribution in [-0.4, -0.2) is 29.3 Å². The third-order valence-electron chi connectivity index (χ3n) is 3.35. The molecule has 0 aromatic carbocycles. The van der Waals surface area contributed by atoms with Crippen LogP contribution in [0.5, 0.6) is 0 Å². The molecular weight excluding hydrogens is 306 g/mol. The number of nitrogens with one attached hydrogen (secondary N) is 1. The van der Waals surface area contributed by atoms with Gasteiger partial charge in [-0.1, -0.05) is 19.9 Å². The molecule has 21 heavy (non-hydrogen) atoms. The average Bonchev–Trinajstić information content (AvgIpc) is 2.92. The van der Waals surface area contributed by atoms with E-state index in [0.29, 0.717) is 30.6 Å². The van der Waals surface area contributed by atoms with Gasteiger partial charge in [0.25, 0.3) is 0 Å². The van der Waals surface area contributed by atoms with Gasteiger partial charge in [0.15, 0.2) is 0 Å². The van der Waals surface area contributed by atoms with Crippen LogP contribution in [0.15, 0.2) is 21.7 Å². The van der Waals surface area contributed by atoms with E-state index in [0.717, 1.165) is 10.6 Å². The molecule has 118 valence electrons. The molecule has 0 aliphatic heterocycles. The smallest absolute Gasteiger partial charge is 0.303 e. The molecule has 1 amide bonds. The van der Waals surface area contributed by atoms with Crippen molar-refractivity contribution in [3.05, 3.63) is 17.5 Å². The van der Waals surface area contributed by atoms with Crippen molar-refractivity contribution < 1.29 is 14.7 Å². The molecule has 0 fully saturated rings. The zero-order valence-electron chi connectivity index (χ0n) is 12.5. The Kier molecular flexibility index (Phi) is 8.45. The Morgan fingerprint density at radius 1 is 1.38 bits per heavy atom.